The fraction of sp³-hybridized carbons (Fsp3) is 0.292. The van der Waals surface area contributed by atoms with Crippen molar-refractivity contribution in [2.45, 2.75) is 47.0 Å². The number of carbonyl (C=O) groups excluding carboxylic acids is 2. The predicted molar refractivity (Wildman–Crippen MR) is 113 cm³/mol. The molecule has 0 fully saturated rings. The molecule has 1 aliphatic rings. The van der Waals surface area contributed by atoms with Crippen LogP contribution in [0, 0.1) is 13.8 Å². The van der Waals surface area contributed by atoms with Gasteiger partial charge in [0.25, 0.3) is 0 Å². The van der Waals surface area contributed by atoms with Crippen molar-refractivity contribution in [3.63, 3.8) is 0 Å². The number of esters is 2. The van der Waals surface area contributed by atoms with Gasteiger partial charge >= 0.3 is 11.9 Å². The van der Waals surface area contributed by atoms with Crippen molar-refractivity contribution in [2.24, 2.45) is 4.99 Å². The number of benzene rings is 2. The summed E-state index contributed by atoms with van der Waals surface area (Å²) >= 11 is 0. The molecule has 0 bridgehead atoms. The van der Waals surface area contributed by atoms with E-state index in [0.717, 1.165) is 22.3 Å². The molecule has 0 N–H and O–H groups in total. The first-order valence-electron chi connectivity index (χ1n) is 9.48. The van der Waals surface area contributed by atoms with Crippen LogP contribution in [0.2, 0.25) is 0 Å². The Morgan fingerprint density at radius 1 is 1.07 bits per heavy atom. The molecule has 0 saturated heterocycles. The van der Waals surface area contributed by atoms with Crippen LogP contribution in [0.4, 0.5) is 0 Å². The summed E-state index contributed by atoms with van der Waals surface area (Å²) in [6.45, 7) is 11.5. The molecule has 29 heavy (non-hydrogen) atoms. The first-order valence-corrected chi connectivity index (χ1v) is 9.48. The lowest BCUT2D eigenvalue weighted by atomic mass is 9.87. The lowest BCUT2D eigenvalue weighted by Gasteiger charge is -2.18. The van der Waals surface area contributed by atoms with E-state index in [1.807, 2.05) is 50.2 Å². The summed E-state index contributed by atoms with van der Waals surface area (Å²) in [6, 6.07) is 11.6. The molecule has 0 spiro atoms. The molecule has 5 nitrogen and oxygen atoms in total. The number of cyclic esters (lactones) is 1. The van der Waals surface area contributed by atoms with E-state index in [1.165, 1.54) is 12.5 Å². The van der Waals surface area contributed by atoms with Gasteiger partial charge in [-0.15, -0.1) is 0 Å². The molecule has 0 amide bonds. The van der Waals surface area contributed by atoms with Crippen molar-refractivity contribution < 1.29 is 19.1 Å². The summed E-state index contributed by atoms with van der Waals surface area (Å²) < 4.78 is 10.6. The minimum Gasteiger partial charge on any atom is -0.426 e. The lowest BCUT2D eigenvalue weighted by molar-refractivity contribution is -0.132. The highest BCUT2D eigenvalue weighted by atomic mass is 16.6. The molecule has 2 aromatic rings. The van der Waals surface area contributed by atoms with Crippen LogP contribution < -0.4 is 4.74 Å². The van der Waals surface area contributed by atoms with Crippen molar-refractivity contribution in [1.29, 1.82) is 0 Å². The van der Waals surface area contributed by atoms with Gasteiger partial charge in [0.05, 0.1) is 0 Å². The zero-order valence-electron chi connectivity index (χ0n) is 17.6. The summed E-state index contributed by atoms with van der Waals surface area (Å²) in [6.07, 6.45) is 1.68. The van der Waals surface area contributed by atoms with E-state index in [-0.39, 0.29) is 17.1 Å². The molecule has 0 aromatic heterocycles. The third kappa shape index (κ3) is 4.62. The largest absolute Gasteiger partial charge is 0.426 e. The zero-order chi connectivity index (χ0) is 21.3. The van der Waals surface area contributed by atoms with Crippen LogP contribution in [-0.2, 0) is 19.7 Å². The van der Waals surface area contributed by atoms with Crippen LogP contribution in [0.25, 0.3) is 6.08 Å². The maximum absolute atomic E-state index is 12.3. The Hall–Kier alpha value is -3.21. The van der Waals surface area contributed by atoms with E-state index in [9.17, 15) is 9.59 Å². The molecule has 1 aliphatic heterocycles. The maximum Gasteiger partial charge on any atom is 0.363 e. The molecule has 0 atom stereocenters. The quantitative estimate of drug-likeness (QED) is 0.425. The average Bonchev–Trinajstić information content (AvgIpc) is 2.98. The second-order valence-corrected chi connectivity index (χ2v) is 8.24. The Morgan fingerprint density at radius 3 is 2.17 bits per heavy atom. The van der Waals surface area contributed by atoms with Crippen molar-refractivity contribution >= 4 is 23.9 Å². The minimum atomic E-state index is -0.487. The van der Waals surface area contributed by atoms with E-state index in [0.29, 0.717) is 11.6 Å². The van der Waals surface area contributed by atoms with E-state index in [1.54, 1.807) is 6.08 Å². The van der Waals surface area contributed by atoms with E-state index in [2.05, 4.69) is 25.8 Å². The molecule has 5 heteroatoms. The Labute approximate surface area is 171 Å². The van der Waals surface area contributed by atoms with Gasteiger partial charge in [-0.25, -0.2) is 9.79 Å². The van der Waals surface area contributed by atoms with Crippen LogP contribution in [0.15, 0.2) is 47.1 Å². The molecule has 0 aliphatic carbocycles. The fourth-order valence-electron chi connectivity index (χ4n) is 3.18. The number of aryl methyl sites for hydroxylation is 2. The molecule has 150 valence electrons. The molecule has 3 rings (SSSR count). The van der Waals surface area contributed by atoms with Crippen LogP contribution in [0.3, 0.4) is 0 Å². The Balaban J connectivity index is 1.90. The first-order chi connectivity index (χ1) is 13.5. The maximum atomic E-state index is 12.3. The van der Waals surface area contributed by atoms with E-state index < -0.39 is 5.97 Å². The Kier molecular flexibility index (Phi) is 5.42. The smallest absolute Gasteiger partial charge is 0.363 e. The summed E-state index contributed by atoms with van der Waals surface area (Å²) in [5.41, 5.74) is 4.63. The standard InChI is InChI=1S/C24H25NO4/c1-14-11-17(12-15(2)21(14)28-16(3)26)13-20-23(27)29-22(25-20)18-7-9-19(10-8-18)24(4,5)6/h7-13H,1-6H3/b20-13+. The lowest BCUT2D eigenvalue weighted by Crippen LogP contribution is -2.11. The topological polar surface area (TPSA) is 65.0 Å². The monoisotopic (exact) mass is 391 g/mol. The van der Waals surface area contributed by atoms with Crippen molar-refractivity contribution in [3.05, 3.63) is 69.9 Å². The van der Waals surface area contributed by atoms with Gasteiger partial charge in [0, 0.05) is 12.5 Å². The van der Waals surface area contributed by atoms with Gasteiger partial charge in [-0.3, -0.25) is 4.79 Å². The molecule has 0 saturated carbocycles. The normalized spacial score (nSPS) is 15.3. The second-order valence-electron chi connectivity index (χ2n) is 8.24. The zero-order valence-corrected chi connectivity index (χ0v) is 17.6. The number of hydrogen-bond acceptors (Lipinski definition) is 5. The van der Waals surface area contributed by atoms with Crippen LogP contribution >= 0.6 is 0 Å². The third-order valence-electron chi connectivity index (χ3n) is 4.65. The SMILES string of the molecule is CC(=O)Oc1c(C)cc(/C=C2/N=C(c3ccc(C(C)(C)C)cc3)OC2=O)cc1C. The number of carbonyl (C=O) groups is 2. The van der Waals surface area contributed by atoms with Crippen LogP contribution in [0.5, 0.6) is 5.75 Å². The van der Waals surface area contributed by atoms with Crippen molar-refractivity contribution in [2.75, 3.05) is 0 Å². The van der Waals surface area contributed by atoms with Crippen LogP contribution in [-0.4, -0.2) is 17.8 Å². The summed E-state index contributed by atoms with van der Waals surface area (Å²) in [5.74, 6) is -0.0175. The van der Waals surface area contributed by atoms with Gasteiger partial charge in [0.1, 0.15) is 5.75 Å². The highest BCUT2D eigenvalue weighted by Crippen LogP contribution is 2.28. The number of aliphatic imine (C=N–C) groups is 1. The Morgan fingerprint density at radius 2 is 1.66 bits per heavy atom. The van der Waals surface area contributed by atoms with Gasteiger partial charge in [-0.2, -0.15) is 0 Å². The second kappa shape index (κ2) is 7.66. The van der Waals surface area contributed by atoms with E-state index >= 15 is 0 Å². The van der Waals surface area contributed by atoms with Gasteiger partial charge in [-0.05, 0) is 71.9 Å². The molecular formula is C24H25NO4. The summed E-state index contributed by atoms with van der Waals surface area (Å²) in [4.78, 5) is 27.9. The highest BCUT2D eigenvalue weighted by molar-refractivity contribution is 6.12. The minimum absolute atomic E-state index is 0.0474. The number of ether oxygens (including phenoxy) is 2. The molecule has 1 heterocycles. The highest BCUT2D eigenvalue weighted by Gasteiger charge is 2.25. The number of hydrogen-bond donors (Lipinski definition) is 0. The molecular weight excluding hydrogens is 366 g/mol. The average molecular weight is 391 g/mol. The molecule has 2 aromatic carbocycles. The molecule has 0 radical (unpaired) electrons. The summed E-state index contributed by atoms with van der Waals surface area (Å²) in [7, 11) is 0. The molecule has 0 unspecified atom stereocenters. The van der Waals surface area contributed by atoms with Gasteiger partial charge < -0.3 is 9.47 Å². The van der Waals surface area contributed by atoms with Crippen LogP contribution in [0.1, 0.15) is 55.5 Å². The van der Waals surface area contributed by atoms with Gasteiger partial charge in [-0.1, -0.05) is 32.9 Å². The van der Waals surface area contributed by atoms with Crippen molar-refractivity contribution in [3.8, 4) is 5.75 Å². The Bertz CT molecular complexity index is 1010. The first kappa shape index (κ1) is 20.5. The van der Waals surface area contributed by atoms with Gasteiger partial charge in [0.2, 0.25) is 5.90 Å². The number of rotatable bonds is 3. The third-order valence-corrected chi connectivity index (χ3v) is 4.65. The predicted octanol–water partition coefficient (Wildman–Crippen LogP) is 4.87. The van der Waals surface area contributed by atoms with Gasteiger partial charge in [0.15, 0.2) is 5.70 Å². The number of nitrogens with zero attached hydrogens (tertiary/aromatic N) is 1. The summed E-state index contributed by atoms with van der Waals surface area (Å²) in [5, 5.41) is 0. The fourth-order valence-corrected chi connectivity index (χ4v) is 3.18. The van der Waals surface area contributed by atoms with Crippen molar-refractivity contribution in [1.82, 2.24) is 0 Å². The van der Waals surface area contributed by atoms with E-state index in [4.69, 9.17) is 9.47 Å².